The number of nitrogens with zero attached hydrogens (tertiary/aromatic N) is 1. The fourth-order valence-corrected chi connectivity index (χ4v) is 2.54. The number of aromatic nitrogens is 1. The van der Waals surface area contributed by atoms with E-state index in [0.29, 0.717) is 11.8 Å². The van der Waals surface area contributed by atoms with Gasteiger partial charge in [-0.2, -0.15) is 0 Å². The van der Waals surface area contributed by atoms with E-state index in [4.69, 9.17) is 4.42 Å². The average Bonchev–Trinajstić information content (AvgIpc) is 2.97. The van der Waals surface area contributed by atoms with Gasteiger partial charge in [-0.3, -0.25) is 4.79 Å². The monoisotopic (exact) mass is 308 g/mol. The highest BCUT2D eigenvalue weighted by Crippen LogP contribution is 2.29. The maximum Gasteiger partial charge on any atom is 0.227 e. The lowest BCUT2D eigenvalue weighted by atomic mass is 9.98. The summed E-state index contributed by atoms with van der Waals surface area (Å²) in [6.45, 7) is 5.87. The summed E-state index contributed by atoms with van der Waals surface area (Å²) >= 11 is 0. The second-order valence-electron chi connectivity index (χ2n) is 5.82. The van der Waals surface area contributed by atoms with Crippen molar-refractivity contribution in [1.82, 2.24) is 4.98 Å². The molecule has 0 bridgehead atoms. The van der Waals surface area contributed by atoms with E-state index in [1.54, 1.807) is 0 Å². The van der Waals surface area contributed by atoms with Gasteiger partial charge in [0.25, 0.3) is 0 Å². The molecular weight excluding hydrogens is 288 g/mol. The molecule has 2 aromatic carbocycles. The lowest BCUT2D eigenvalue weighted by molar-refractivity contribution is -0.114. The molecular formula is C19H20N2O2. The van der Waals surface area contributed by atoms with Crippen molar-refractivity contribution < 1.29 is 9.21 Å². The Hall–Kier alpha value is -2.62. The van der Waals surface area contributed by atoms with Crippen LogP contribution in [0.15, 0.2) is 46.9 Å². The second-order valence-corrected chi connectivity index (χ2v) is 5.82. The fourth-order valence-electron chi connectivity index (χ4n) is 2.54. The number of anilines is 1. The Labute approximate surface area is 135 Å². The Bertz CT molecular complexity index is 851. The van der Waals surface area contributed by atoms with Gasteiger partial charge in [0.1, 0.15) is 5.52 Å². The third-order valence-corrected chi connectivity index (χ3v) is 4.02. The largest absolute Gasteiger partial charge is 0.436 e. The molecule has 1 aromatic heterocycles. The molecule has 0 saturated heterocycles. The molecule has 0 aliphatic rings. The first kappa shape index (κ1) is 15.3. The van der Waals surface area contributed by atoms with E-state index in [9.17, 15) is 4.79 Å². The molecule has 0 radical (unpaired) electrons. The highest BCUT2D eigenvalue weighted by atomic mass is 16.3. The molecule has 118 valence electrons. The van der Waals surface area contributed by atoms with E-state index in [1.807, 2.05) is 30.3 Å². The SMILES string of the molecule is CC[C@@H](C)c1ccc2oc(-c3cccc(NC(C)=O)c3)nc2c1. The van der Waals surface area contributed by atoms with Gasteiger partial charge in [-0.15, -0.1) is 0 Å². The first-order valence-electron chi connectivity index (χ1n) is 7.85. The minimum Gasteiger partial charge on any atom is -0.436 e. The van der Waals surface area contributed by atoms with Gasteiger partial charge >= 0.3 is 0 Å². The zero-order valence-corrected chi connectivity index (χ0v) is 13.6. The van der Waals surface area contributed by atoms with Crippen LogP contribution in [0.4, 0.5) is 5.69 Å². The van der Waals surface area contributed by atoms with Crippen molar-refractivity contribution in [2.24, 2.45) is 0 Å². The van der Waals surface area contributed by atoms with Gasteiger partial charge in [0, 0.05) is 18.2 Å². The van der Waals surface area contributed by atoms with Crippen LogP contribution in [0.1, 0.15) is 38.7 Å². The van der Waals surface area contributed by atoms with Crippen molar-refractivity contribution in [2.45, 2.75) is 33.1 Å². The molecule has 1 heterocycles. The van der Waals surface area contributed by atoms with Crippen LogP contribution in [0.5, 0.6) is 0 Å². The van der Waals surface area contributed by atoms with Gasteiger partial charge < -0.3 is 9.73 Å². The summed E-state index contributed by atoms with van der Waals surface area (Å²) in [7, 11) is 0. The van der Waals surface area contributed by atoms with E-state index in [0.717, 1.165) is 28.8 Å². The minimum atomic E-state index is -0.0992. The summed E-state index contributed by atoms with van der Waals surface area (Å²) in [4.78, 5) is 15.8. The van der Waals surface area contributed by atoms with Crippen LogP contribution < -0.4 is 5.32 Å². The van der Waals surface area contributed by atoms with Crippen LogP contribution in [-0.4, -0.2) is 10.9 Å². The van der Waals surface area contributed by atoms with Crippen LogP contribution >= 0.6 is 0 Å². The summed E-state index contributed by atoms with van der Waals surface area (Å²) in [5, 5.41) is 2.77. The number of fused-ring (bicyclic) bond motifs is 1. The zero-order chi connectivity index (χ0) is 16.4. The van der Waals surface area contributed by atoms with Crippen molar-refractivity contribution in [2.75, 3.05) is 5.32 Å². The molecule has 1 atom stereocenters. The predicted molar refractivity (Wildman–Crippen MR) is 92.5 cm³/mol. The number of rotatable bonds is 4. The predicted octanol–water partition coefficient (Wildman–Crippen LogP) is 4.97. The molecule has 4 heteroatoms. The number of hydrogen-bond donors (Lipinski definition) is 1. The summed E-state index contributed by atoms with van der Waals surface area (Å²) in [6.07, 6.45) is 1.09. The van der Waals surface area contributed by atoms with Crippen LogP contribution in [0.3, 0.4) is 0 Å². The Morgan fingerprint density at radius 1 is 1.26 bits per heavy atom. The third kappa shape index (κ3) is 3.26. The van der Waals surface area contributed by atoms with Crippen LogP contribution in [-0.2, 0) is 4.79 Å². The molecule has 4 nitrogen and oxygen atoms in total. The first-order valence-corrected chi connectivity index (χ1v) is 7.85. The minimum absolute atomic E-state index is 0.0992. The Morgan fingerprint density at radius 3 is 2.83 bits per heavy atom. The highest BCUT2D eigenvalue weighted by Gasteiger charge is 2.11. The number of nitrogens with one attached hydrogen (secondary N) is 1. The Kier molecular flexibility index (Phi) is 4.15. The molecule has 0 saturated carbocycles. The molecule has 23 heavy (non-hydrogen) atoms. The van der Waals surface area contributed by atoms with E-state index >= 15 is 0 Å². The van der Waals surface area contributed by atoms with Gasteiger partial charge in [0.15, 0.2) is 5.58 Å². The number of oxazole rings is 1. The van der Waals surface area contributed by atoms with Crippen molar-refractivity contribution in [1.29, 1.82) is 0 Å². The number of benzene rings is 2. The normalized spacial score (nSPS) is 12.3. The van der Waals surface area contributed by atoms with Crippen molar-refractivity contribution in [3.8, 4) is 11.5 Å². The summed E-state index contributed by atoms with van der Waals surface area (Å²) < 4.78 is 5.86. The van der Waals surface area contributed by atoms with Gasteiger partial charge in [-0.25, -0.2) is 4.98 Å². The number of carbonyl (C=O) groups excluding carboxylic acids is 1. The molecule has 1 N–H and O–H groups in total. The highest BCUT2D eigenvalue weighted by molar-refractivity contribution is 5.89. The molecule has 3 aromatic rings. The second kappa shape index (κ2) is 6.24. The van der Waals surface area contributed by atoms with Gasteiger partial charge in [0.2, 0.25) is 11.8 Å². The molecule has 0 fully saturated rings. The maximum absolute atomic E-state index is 11.2. The molecule has 0 aliphatic carbocycles. The van der Waals surface area contributed by atoms with Crippen molar-refractivity contribution >= 4 is 22.7 Å². The van der Waals surface area contributed by atoms with Gasteiger partial charge in [0.05, 0.1) is 0 Å². The molecule has 3 rings (SSSR count). The third-order valence-electron chi connectivity index (χ3n) is 4.02. The maximum atomic E-state index is 11.2. The molecule has 0 spiro atoms. The number of carbonyl (C=O) groups is 1. The topological polar surface area (TPSA) is 55.1 Å². The van der Waals surface area contributed by atoms with Gasteiger partial charge in [-0.05, 0) is 48.2 Å². The van der Waals surface area contributed by atoms with E-state index in [1.165, 1.54) is 12.5 Å². The smallest absolute Gasteiger partial charge is 0.227 e. The standard InChI is InChI=1S/C19H20N2O2/c1-4-12(2)14-8-9-18-17(11-14)21-19(23-18)15-6-5-7-16(10-15)20-13(3)22/h5-12H,4H2,1-3H3,(H,20,22)/t12-/m1/s1. The lowest BCUT2D eigenvalue weighted by Crippen LogP contribution is -2.05. The van der Waals surface area contributed by atoms with E-state index in [-0.39, 0.29) is 5.91 Å². The van der Waals surface area contributed by atoms with Gasteiger partial charge in [-0.1, -0.05) is 26.0 Å². The van der Waals surface area contributed by atoms with Crippen LogP contribution in [0.25, 0.3) is 22.6 Å². The summed E-state index contributed by atoms with van der Waals surface area (Å²) in [6, 6.07) is 13.7. The Balaban J connectivity index is 1.98. The van der Waals surface area contributed by atoms with Crippen LogP contribution in [0.2, 0.25) is 0 Å². The zero-order valence-electron chi connectivity index (χ0n) is 13.6. The Morgan fingerprint density at radius 2 is 2.09 bits per heavy atom. The molecule has 0 unspecified atom stereocenters. The summed E-state index contributed by atoms with van der Waals surface area (Å²) in [5.74, 6) is 0.967. The van der Waals surface area contributed by atoms with E-state index in [2.05, 4.69) is 36.3 Å². The van der Waals surface area contributed by atoms with Crippen molar-refractivity contribution in [3.63, 3.8) is 0 Å². The first-order chi connectivity index (χ1) is 11.1. The quantitative estimate of drug-likeness (QED) is 0.740. The van der Waals surface area contributed by atoms with Crippen molar-refractivity contribution in [3.05, 3.63) is 48.0 Å². The van der Waals surface area contributed by atoms with E-state index < -0.39 is 0 Å². The van der Waals surface area contributed by atoms with Crippen LogP contribution in [0, 0.1) is 0 Å². The summed E-state index contributed by atoms with van der Waals surface area (Å²) in [5.41, 5.74) is 4.49. The molecule has 0 aliphatic heterocycles. The number of hydrogen-bond acceptors (Lipinski definition) is 3. The lowest BCUT2D eigenvalue weighted by Gasteiger charge is -2.07. The molecule has 1 amide bonds. The number of amides is 1. The fraction of sp³-hybridized carbons (Fsp3) is 0.263. The average molecular weight is 308 g/mol.